The molecule has 1 N–H and O–H groups in total. The molecule has 1 aromatic heterocycles. The molecule has 0 aliphatic carbocycles. The lowest BCUT2D eigenvalue weighted by Gasteiger charge is -2.40. The summed E-state index contributed by atoms with van der Waals surface area (Å²) in [6.07, 6.45) is 1.71. The van der Waals surface area contributed by atoms with E-state index in [2.05, 4.69) is 59.1 Å². The van der Waals surface area contributed by atoms with E-state index < -0.39 is 8.07 Å². The van der Waals surface area contributed by atoms with Gasteiger partial charge in [0.05, 0.1) is 14.3 Å². The Morgan fingerprint density at radius 1 is 1.15 bits per heavy atom. The van der Waals surface area contributed by atoms with Crippen molar-refractivity contribution in [3.63, 3.8) is 0 Å². The Hall–Kier alpha value is -2.41. The first-order valence-corrected chi connectivity index (χ1v) is 13.0. The van der Waals surface area contributed by atoms with Crippen molar-refractivity contribution < 1.29 is 4.79 Å². The Bertz CT molecular complexity index is 803. The lowest BCUT2D eigenvalue weighted by molar-refractivity contribution is 0.184. The summed E-state index contributed by atoms with van der Waals surface area (Å²) < 4.78 is 0. The second-order valence-electron chi connectivity index (χ2n) is 8.28. The van der Waals surface area contributed by atoms with Crippen molar-refractivity contribution in [1.82, 2.24) is 15.1 Å². The van der Waals surface area contributed by atoms with Crippen molar-refractivity contribution in [1.29, 1.82) is 0 Å². The molecule has 2 amide bonds. The van der Waals surface area contributed by atoms with E-state index in [0.29, 0.717) is 6.54 Å². The zero-order valence-corrected chi connectivity index (χ0v) is 17.9. The van der Waals surface area contributed by atoms with Gasteiger partial charge in [0, 0.05) is 31.4 Å². The maximum atomic E-state index is 12.7. The van der Waals surface area contributed by atoms with Crippen LogP contribution in [0.25, 0.3) is 0 Å². The number of hydrogen-bond acceptors (Lipinski definition) is 4. The van der Waals surface area contributed by atoms with Crippen LogP contribution in [-0.2, 0) is 0 Å². The molecule has 7 heteroatoms. The lowest BCUT2D eigenvalue weighted by Crippen LogP contribution is -2.55. The number of rotatable bonds is 3. The van der Waals surface area contributed by atoms with Gasteiger partial charge in [0.15, 0.2) is 5.82 Å². The molecule has 2 aromatic rings. The van der Waals surface area contributed by atoms with Gasteiger partial charge >= 0.3 is 6.03 Å². The first kappa shape index (κ1) is 19.4. The summed E-state index contributed by atoms with van der Waals surface area (Å²) in [4.78, 5) is 16.9. The van der Waals surface area contributed by atoms with Crippen LogP contribution in [0.2, 0.25) is 19.6 Å². The van der Waals surface area contributed by atoms with Gasteiger partial charge in [0.1, 0.15) is 0 Å². The molecule has 1 unspecified atom stereocenters. The van der Waals surface area contributed by atoms with Crippen molar-refractivity contribution in [2.45, 2.75) is 39.5 Å². The number of nitrogens with one attached hydrogen (secondary N) is 1. The van der Waals surface area contributed by atoms with E-state index in [-0.39, 0.29) is 12.1 Å². The van der Waals surface area contributed by atoms with Crippen molar-refractivity contribution >= 4 is 30.8 Å². The van der Waals surface area contributed by atoms with Crippen LogP contribution >= 0.6 is 0 Å². The molecule has 1 aliphatic rings. The molecular formula is C20H29N5OSi. The number of carbonyl (C=O) groups excluding carboxylic acids is 1. The van der Waals surface area contributed by atoms with Gasteiger partial charge in [-0.2, -0.15) is 5.10 Å². The summed E-state index contributed by atoms with van der Waals surface area (Å²) in [5, 5.41) is 12.7. The number of urea groups is 1. The minimum Gasteiger partial charge on any atom is -0.351 e. The van der Waals surface area contributed by atoms with Crippen LogP contribution in [0.3, 0.4) is 0 Å². The van der Waals surface area contributed by atoms with Crippen molar-refractivity contribution in [2.24, 2.45) is 0 Å². The summed E-state index contributed by atoms with van der Waals surface area (Å²) in [5.41, 5.74) is 1.96. The van der Waals surface area contributed by atoms with Gasteiger partial charge in [0.25, 0.3) is 0 Å². The summed E-state index contributed by atoms with van der Waals surface area (Å²) in [7, 11) is -1.32. The van der Waals surface area contributed by atoms with Gasteiger partial charge in [0.2, 0.25) is 0 Å². The number of aromatic nitrogens is 2. The molecule has 6 nitrogen and oxygen atoms in total. The smallest absolute Gasteiger partial charge is 0.322 e. The van der Waals surface area contributed by atoms with Crippen molar-refractivity contribution in [3.05, 3.63) is 42.1 Å². The molecule has 2 heterocycles. The van der Waals surface area contributed by atoms with E-state index in [1.165, 1.54) is 5.19 Å². The fourth-order valence-corrected chi connectivity index (χ4v) is 4.57. The van der Waals surface area contributed by atoms with Crippen molar-refractivity contribution in [2.75, 3.05) is 29.9 Å². The topological polar surface area (TPSA) is 61.4 Å². The maximum Gasteiger partial charge on any atom is 0.322 e. The average molecular weight is 384 g/mol. The molecule has 0 saturated carbocycles. The summed E-state index contributed by atoms with van der Waals surface area (Å²) >= 11 is 0. The van der Waals surface area contributed by atoms with Crippen molar-refractivity contribution in [3.8, 4) is 0 Å². The molecule has 0 radical (unpaired) electrons. The van der Waals surface area contributed by atoms with Crippen LogP contribution in [0.1, 0.15) is 12.5 Å². The first-order chi connectivity index (χ1) is 12.8. The van der Waals surface area contributed by atoms with Gasteiger partial charge in [-0.05, 0) is 37.6 Å². The van der Waals surface area contributed by atoms with Gasteiger partial charge in [-0.3, -0.25) is 0 Å². The largest absolute Gasteiger partial charge is 0.351 e. The van der Waals surface area contributed by atoms with Gasteiger partial charge in [-0.25, -0.2) is 4.79 Å². The first-order valence-electron chi connectivity index (χ1n) is 9.47. The van der Waals surface area contributed by atoms with E-state index in [1.54, 1.807) is 6.20 Å². The Morgan fingerprint density at radius 2 is 1.85 bits per heavy atom. The molecule has 1 saturated heterocycles. The normalized spacial score (nSPS) is 17.7. The van der Waals surface area contributed by atoms with E-state index >= 15 is 0 Å². The molecule has 0 bridgehead atoms. The Morgan fingerprint density at radius 3 is 2.44 bits per heavy atom. The average Bonchev–Trinajstić information content (AvgIpc) is 2.61. The summed E-state index contributed by atoms with van der Waals surface area (Å²) in [6.45, 7) is 13.2. The van der Waals surface area contributed by atoms with Gasteiger partial charge in [-0.15, -0.1) is 5.10 Å². The highest BCUT2D eigenvalue weighted by molar-refractivity contribution is 6.88. The third kappa shape index (κ3) is 4.47. The third-order valence-corrected chi connectivity index (χ3v) is 7.15. The van der Waals surface area contributed by atoms with E-state index in [1.807, 2.05) is 30.0 Å². The van der Waals surface area contributed by atoms with Crippen LogP contribution in [0.5, 0.6) is 0 Å². The van der Waals surface area contributed by atoms with Crippen LogP contribution < -0.4 is 15.4 Å². The zero-order valence-electron chi connectivity index (χ0n) is 16.9. The summed E-state index contributed by atoms with van der Waals surface area (Å²) in [6, 6.07) is 10.3. The fraction of sp³-hybridized carbons (Fsp3) is 0.450. The number of anilines is 2. The molecule has 144 valence electrons. The number of piperazine rings is 1. The minimum absolute atomic E-state index is 0.0428. The highest BCUT2D eigenvalue weighted by Crippen LogP contribution is 2.20. The maximum absolute atomic E-state index is 12.7. The second kappa shape index (κ2) is 7.68. The predicted octanol–water partition coefficient (Wildman–Crippen LogP) is 3.07. The third-order valence-electron chi connectivity index (χ3n) is 5.09. The fourth-order valence-electron chi connectivity index (χ4n) is 3.40. The lowest BCUT2D eigenvalue weighted by atomic mass is 10.2. The standard InChI is InChI=1S/C20H29N5OSi/c1-15-10-11-21-23-19(15)24-12-13-25(16(2)14-24)20(26)22-17-6-8-18(9-7-17)27(3,4)5/h6-11,16H,12-14H2,1-5H3,(H,22,26). The van der Waals surface area contributed by atoms with E-state index in [9.17, 15) is 4.79 Å². The number of amides is 2. The van der Waals surface area contributed by atoms with Crippen LogP contribution in [0.4, 0.5) is 16.3 Å². The van der Waals surface area contributed by atoms with Gasteiger partial charge < -0.3 is 15.1 Å². The second-order valence-corrected chi connectivity index (χ2v) is 13.4. The molecule has 27 heavy (non-hydrogen) atoms. The van der Waals surface area contributed by atoms with E-state index in [4.69, 9.17) is 0 Å². The zero-order chi connectivity index (χ0) is 19.6. The predicted molar refractivity (Wildman–Crippen MR) is 114 cm³/mol. The molecular weight excluding hydrogens is 354 g/mol. The number of benzene rings is 1. The number of carbonyl (C=O) groups is 1. The Labute approximate surface area is 162 Å². The number of nitrogens with zero attached hydrogens (tertiary/aromatic N) is 4. The Kier molecular flexibility index (Phi) is 5.50. The molecule has 1 aliphatic heterocycles. The van der Waals surface area contributed by atoms with Crippen LogP contribution in [0.15, 0.2) is 36.5 Å². The van der Waals surface area contributed by atoms with Crippen LogP contribution in [0, 0.1) is 6.92 Å². The molecule has 1 aromatic carbocycles. The SMILES string of the molecule is Cc1ccnnc1N1CCN(C(=O)Nc2ccc([Si](C)(C)C)cc2)C(C)C1. The highest BCUT2D eigenvalue weighted by Gasteiger charge is 2.29. The number of hydrogen-bond donors (Lipinski definition) is 1. The quantitative estimate of drug-likeness (QED) is 0.828. The highest BCUT2D eigenvalue weighted by atomic mass is 28.3. The van der Waals surface area contributed by atoms with E-state index in [0.717, 1.165) is 30.2 Å². The van der Waals surface area contributed by atoms with Gasteiger partial charge in [-0.1, -0.05) is 37.0 Å². The monoisotopic (exact) mass is 383 g/mol. The number of aryl methyl sites for hydroxylation is 1. The molecule has 1 atom stereocenters. The Balaban J connectivity index is 1.62. The molecule has 3 rings (SSSR count). The van der Waals surface area contributed by atoms with Crippen LogP contribution in [-0.4, -0.2) is 54.9 Å². The molecule has 1 fully saturated rings. The minimum atomic E-state index is -1.32. The summed E-state index contributed by atoms with van der Waals surface area (Å²) in [5.74, 6) is 0.909. The molecule has 0 spiro atoms.